The van der Waals surface area contributed by atoms with E-state index in [1.165, 1.54) is 0 Å². The van der Waals surface area contributed by atoms with Crippen LogP contribution in [-0.4, -0.2) is 86.2 Å². The van der Waals surface area contributed by atoms with Gasteiger partial charge in [-0.1, -0.05) is 0 Å². The van der Waals surface area contributed by atoms with Gasteiger partial charge in [0.05, 0.1) is 32.4 Å². The first-order valence-corrected chi connectivity index (χ1v) is 13.0. The van der Waals surface area contributed by atoms with Crippen molar-refractivity contribution < 1.29 is 33.3 Å². The van der Waals surface area contributed by atoms with E-state index in [1.807, 2.05) is 44.7 Å². The van der Waals surface area contributed by atoms with Gasteiger partial charge in [-0.05, 0) is 58.2 Å². The van der Waals surface area contributed by atoms with Crippen LogP contribution in [0.5, 0.6) is 11.5 Å². The number of amides is 2. The highest BCUT2D eigenvalue weighted by atomic mass is 16.6. The molecule has 4 rings (SSSR count). The van der Waals surface area contributed by atoms with E-state index in [4.69, 9.17) is 23.7 Å². The number of fused-ring (bicyclic) bond motifs is 1. The summed E-state index contributed by atoms with van der Waals surface area (Å²) in [6, 6.07) is 4.05. The number of hydrogen-bond acceptors (Lipinski definition) is 7. The average Bonchev–Trinajstić information content (AvgIpc) is 3.55. The molecule has 2 aliphatic heterocycles. The Bertz CT molecular complexity index is 941. The molecule has 0 N–H and O–H groups in total. The van der Waals surface area contributed by atoms with Crippen LogP contribution >= 0.6 is 0 Å². The van der Waals surface area contributed by atoms with E-state index < -0.39 is 17.8 Å². The third kappa shape index (κ3) is 6.42. The van der Waals surface area contributed by atoms with Crippen LogP contribution in [0.4, 0.5) is 4.79 Å². The summed E-state index contributed by atoms with van der Waals surface area (Å²) in [5.74, 6) is 1.55. The molecule has 36 heavy (non-hydrogen) atoms. The number of benzene rings is 1. The minimum atomic E-state index is -0.718. The van der Waals surface area contributed by atoms with Gasteiger partial charge < -0.3 is 33.5 Å². The average molecular weight is 505 g/mol. The molecular weight excluding hydrogens is 464 g/mol. The first-order chi connectivity index (χ1) is 17.2. The fourth-order valence-electron chi connectivity index (χ4n) is 4.69. The predicted octanol–water partition coefficient (Wildman–Crippen LogP) is 3.72. The largest absolute Gasteiger partial charge is 0.493 e. The highest BCUT2D eigenvalue weighted by Crippen LogP contribution is 2.41. The minimum Gasteiger partial charge on any atom is -0.493 e. The third-order valence-electron chi connectivity index (χ3n) is 6.64. The Labute approximate surface area is 213 Å². The Morgan fingerprint density at radius 1 is 1.19 bits per heavy atom. The summed E-state index contributed by atoms with van der Waals surface area (Å²) < 4.78 is 28.5. The van der Waals surface area contributed by atoms with Crippen molar-refractivity contribution in [1.82, 2.24) is 9.80 Å². The van der Waals surface area contributed by atoms with Crippen LogP contribution in [-0.2, 0) is 25.4 Å². The Kier molecular flexibility index (Phi) is 8.30. The van der Waals surface area contributed by atoms with Gasteiger partial charge in [0.2, 0.25) is 0 Å². The van der Waals surface area contributed by atoms with E-state index in [-0.39, 0.29) is 24.5 Å². The van der Waals surface area contributed by atoms with Crippen LogP contribution in [0.2, 0.25) is 0 Å². The summed E-state index contributed by atoms with van der Waals surface area (Å²) in [5.41, 5.74) is 1.45. The highest BCUT2D eigenvalue weighted by Gasteiger charge is 2.42. The van der Waals surface area contributed by atoms with Crippen LogP contribution in [0.3, 0.4) is 0 Å². The molecule has 2 amide bonds. The Balaban J connectivity index is 1.50. The molecule has 0 bridgehead atoms. The second-order valence-electron chi connectivity index (χ2n) is 10.7. The van der Waals surface area contributed by atoms with Crippen molar-refractivity contribution in [3.05, 3.63) is 23.3 Å². The zero-order valence-corrected chi connectivity index (χ0v) is 22.2. The van der Waals surface area contributed by atoms with Crippen molar-refractivity contribution in [2.45, 2.75) is 77.2 Å². The van der Waals surface area contributed by atoms with Crippen molar-refractivity contribution >= 4 is 12.0 Å². The van der Waals surface area contributed by atoms with Crippen LogP contribution in [0.25, 0.3) is 0 Å². The van der Waals surface area contributed by atoms with E-state index in [2.05, 4.69) is 0 Å². The molecule has 1 saturated heterocycles. The first kappa shape index (κ1) is 26.5. The number of methoxy groups -OCH3 is 1. The molecule has 1 saturated carbocycles. The van der Waals surface area contributed by atoms with Gasteiger partial charge in [0.25, 0.3) is 5.91 Å². The maximum absolute atomic E-state index is 13.8. The number of carbonyl (C=O) groups excluding carboxylic acids is 2. The third-order valence-corrected chi connectivity index (χ3v) is 6.64. The monoisotopic (exact) mass is 504 g/mol. The quantitative estimate of drug-likeness (QED) is 0.474. The van der Waals surface area contributed by atoms with E-state index in [0.717, 1.165) is 48.3 Å². The predicted molar refractivity (Wildman–Crippen MR) is 133 cm³/mol. The minimum absolute atomic E-state index is 0.0951. The summed E-state index contributed by atoms with van der Waals surface area (Å²) in [7, 11) is 1.68. The molecule has 1 aromatic carbocycles. The molecule has 2 heterocycles. The topological polar surface area (TPSA) is 86.8 Å². The molecule has 1 unspecified atom stereocenters. The fraction of sp³-hybridized carbons (Fsp3) is 0.704. The van der Waals surface area contributed by atoms with Crippen molar-refractivity contribution in [3.8, 4) is 11.5 Å². The van der Waals surface area contributed by atoms with E-state index in [1.54, 1.807) is 12.0 Å². The molecule has 0 radical (unpaired) electrons. The van der Waals surface area contributed by atoms with Gasteiger partial charge in [0.1, 0.15) is 17.1 Å². The number of ether oxygens (including phenoxy) is 5. The van der Waals surface area contributed by atoms with Crippen molar-refractivity contribution in [2.75, 3.05) is 46.6 Å². The Morgan fingerprint density at radius 3 is 2.67 bits per heavy atom. The normalized spacial score (nSPS) is 20.4. The van der Waals surface area contributed by atoms with Crippen LogP contribution < -0.4 is 9.47 Å². The number of carbonyl (C=O) groups is 2. The molecule has 9 heteroatoms. The van der Waals surface area contributed by atoms with Gasteiger partial charge in [-0.2, -0.15) is 0 Å². The lowest BCUT2D eigenvalue weighted by atomic mass is 10.0. The summed E-state index contributed by atoms with van der Waals surface area (Å²) in [4.78, 5) is 29.9. The van der Waals surface area contributed by atoms with Gasteiger partial charge in [0, 0.05) is 44.7 Å². The number of morpholine rings is 1. The van der Waals surface area contributed by atoms with Crippen LogP contribution in [0.15, 0.2) is 12.1 Å². The molecule has 0 aromatic heterocycles. The van der Waals surface area contributed by atoms with E-state index in [0.29, 0.717) is 33.0 Å². The smallest absolute Gasteiger partial charge is 0.410 e. The molecule has 0 spiro atoms. The van der Waals surface area contributed by atoms with Gasteiger partial charge in [-0.3, -0.25) is 4.79 Å². The lowest BCUT2D eigenvalue weighted by Gasteiger charge is -2.38. The standard InChI is InChI=1S/C27H40N2O7/c1-18(19-15-22(33-12-6-11-32-5)21-9-13-34-23(21)16-19)29(20-7-8-20)25(30)24-17-28(10-14-35-24)26(31)36-27(2,3)4/h15-16,18,20,24H,6-14,17H2,1-5H3/t18?,24-/m1/s1. The number of rotatable bonds is 9. The molecule has 9 nitrogen and oxygen atoms in total. The Hall–Kier alpha value is -2.52. The highest BCUT2D eigenvalue weighted by molar-refractivity contribution is 5.83. The summed E-state index contributed by atoms with van der Waals surface area (Å²) in [6.07, 6.45) is 2.39. The first-order valence-electron chi connectivity index (χ1n) is 13.0. The van der Waals surface area contributed by atoms with E-state index in [9.17, 15) is 9.59 Å². The second kappa shape index (κ2) is 11.3. The molecule has 200 valence electrons. The van der Waals surface area contributed by atoms with Gasteiger partial charge in [-0.15, -0.1) is 0 Å². The van der Waals surface area contributed by atoms with Crippen molar-refractivity contribution in [3.63, 3.8) is 0 Å². The number of hydrogen-bond donors (Lipinski definition) is 0. The molecule has 1 aliphatic carbocycles. The lowest BCUT2D eigenvalue weighted by molar-refractivity contribution is -0.151. The number of nitrogens with zero attached hydrogens (tertiary/aromatic N) is 2. The molecule has 2 atom stereocenters. The lowest BCUT2D eigenvalue weighted by Crippen LogP contribution is -2.54. The van der Waals surface area contributed by atoms with Gasteiger partial charge in [-0.25, -0.2) is 4.79 Å². The van der Waals surface area contributed by atoms with Crippen molar-refractivity contribution in [2.24, 2.45) is 0 Å². The van der Waals surface area contributed by atoms with Gasteiger partial charge >= 0.3 is 6.09 Å². The molecule has 2 fully saturated rings. The fourth-order valence-corrected chi connectivity index (χ4v) is 4.69. The maximum Gasteiger partial charge on any atom is 0.410 e. The summed E-state index contributed by atoms with van der Waals surface area (Å²) in [6.45, 7) is 10.3. The summed E-state index contributed by atoms with van der Waals surface area (Å²) in [5, 5.41) is 0. The van der Waals surface area contributed by atoms with Gasteiger partial charge in [0.15, 0.2) is 6.10 Å². The zero-order chi connectivity index (χ0) is 25.9. The second-order valence-corrected chi connectivity index (χ2v) is 10.7. The summed E-state index contributed by atoms with van der Waals surface area (Å²) >= 11 is 0. The van der Waals surface area contributed by atoms with Crippen LogP contribution in [0, 0.1) is 0 Å². The Morgan fingerprint density at radius 2 is 1.97 bits per heavy atom. The maximum atomic E-state index is 13.8. The van der Waals surface area contributed by atoms with E-state index >= 15 is 0 Å². The SMILES string of the molecule is COCCCOc1cc(C(C)N(C(=O)[C@H]2CN(C(=O)OC(C)(C)C)CCO2)C2CC2)cc2c1CCO2. The molecule has 1 aromatic rings. The zero-order valence-electron chi connectivity index (χ0n) is 22.2. The van der Waals surface area contributed by atoms with Crippen LogP contribution in [0.1, 0.15) is 64.1 Å². The molecule has 3 aliphatic rings. The molecular formula is C27H40N2O7. The van der Waals surface area contributed by atoms with Crippen molar-refractivity contribution in [1.29, 1.82) is 0 Å².